The second kappa shape index (κ2) is 2.44. The zero-order valence-corrected chi connectivity index (χ0v) is 5.60. The van der Waals surface area contributed by atoms with Gasteiger partial charge in [0.15, 0.2) is 0 Å². The molecule has 0 aliphatic carbocycles. The van der Waals surface area contributed by atoms with E-state index in [1.807, 2.05) is 0 Å². The van der Waals surface area contributed by atoms with Gasteiger partial charge in [-0.1, -0.05) is 0 Å². The number of nitrogens with zero attached hydrogens (tertiary/aromatic N) is 4. The van der Waals surface area contributed by atoms with Crippen LogP contribution in [0.2, 0.25) is 0 Å². The van der Waals surface area contributed by atoms with Gasteiger partial charge in [-0.15, -0.1) is 0 Å². The maximum absolute atomic E-state index is 3.89. The molecule has 0 saturated heterocycles. The molecule has 0 atom stereocenters. The summed E-state index contributed by atoms with van der Waals surface area (Å²) in [6.07, 6.45) is 6.41. The van der Waals surface area contributed by atoms with Crippen molar-refractivity contribution in [1.29, 1.82) is 0 Å². The number of aliphatic imine (C=N–C) groups is 4. The van der Waals surface area contributed by atoms with Crippen molar-refractivity contribution in [2.45, 2.75) is 0 Å². The highest BCUT2D eigenvalue weighted by Gasteiger charge is 1.95. The summed E-state index contributed by atoms with van der Waals surface area (Å²) in [6, 6.07) is 0. The van der Waals surface area contributed by atoms with Gasteiger partial charge in [0.2, 0.25) is 11.6 Å². The third-order valence-electron chi connectivity index (χ3n) is 1.14. The molecule has 0 aromatic rings. The van der Waals surface area contributed by atoms with Gasteiger partial charge in [0, 0.05) is 24.9 Å². The summed E-state index contributed by atoms with van der Waals surface area (Å²) < 4.78 is 0. The molecule has 2 heterocycles. The lowest BCUT2D eigenvalue weighted by Gasteiger charge is -1.80. The van der Waals surface area contributed by atoms with Crippen molar-refractivity contribution < 1.29 is 0 Å². The molecule has 0 saturated carbocycles. The standard InChI is InChI=1S/C7H4N4/c1-2-9-6(8-1)5-7-10-3-4-11-7/h1-4H. The molecule has 2 aliphatic heterocycles. The molecule has 0 aromatic carbocycles. The summed E-state index contributed by atoms with van der Waals surface area (Å²) in [7, 11) is 0. The molecule has 0 aromatic heterocycles. The monoisotopic (exact) mass is 144 g/mol. The van der Waals surface area contributed by atoms with Crippen molar-refractivity contribution in [2.24, 2.45) is 20.0 Å². The fourth-order valence-electron chi connectivity index (χ4n) is 0.712. The molecule has 0 spiro atoms. The van der Waals surface area contributed by atoms with Crippen LogP contribution in [-0.2, 0) is 0 Å². The Hall–Kier alpha value is -1.80. The molecule has 0 fully saturated rings. The Bertz CT molecular complexity index is 291. The molecule has 2 aliphatic rings. The Morgan fingerprint density at radius 3 is 1.45 bits per heavy atom. The van der Waals surface area contributed by atoms with Crippen molar-refractivity contribution in [3.63, 3.8) is 0 Å². The highest BCUT2D eigenvalue weighted by atomic mass is 15.0. The van der Waals surface area contributed by atoms with E-state index in [0.29, 0.717) is 11.6 Å². The average molecular weight is 144 g/mol. The molecule has 0 amide bonds. The largest absolute Gasteiger partial charge is 0.228 e. The van der Waals surface area contributed by atoms with Gasteiger partial charge >= 0.3 is 0 Å². The fourth-order valence-corrected chi connectivity index (χ4v) is 0.712. The molecule has 0 radical (unpaired) electrons. The lowest BCUT2D eigenvalue weighted by molar-refractivity contribution is 1.24. The number of hydrogen-bond acceptors (Lipinski definition) is 4. The molecular weight excluding hydrogens is 140 g/mol. The highest BCUT2D eigenvalue weighted by Crippen LogP contribution is 2.05. The minimum absolute atomic E-state index is 0.524. The second-order valence-electron chi connectivity index (χ2n) is 1.88. The molecule has 2 rings (SSSR count). The van der Waals surface area contributed by atoms with Crippen LogP contribution in [0, 0.1) is 0 Å². The van der Waals surface area contributed by atoms with Gasteiger partial charge in [0.05, 0.1) is 0 Å². The van der Waals surface area contributed by atoms with E-state index in [1.165, 1.54) is 0 Å². The Morgan fingerprint density at radius 1 is 0.727 bits per heavy atom. The van der Waals surface area contributed by atoms with Gasteiger partial charge in [-0.2, -0.15) is 0 Å². The van der Waals surface area contributed by atoms with E-state index in [1.54, 1.807) is 24.9 Å². The van der Waals surface area contributed by atoms with E-state index < -0.39 is 0 Å². The van der Waals surface area contributed by atoms with Crippen LogP contribution in [0.1, 0.15) is 0 Å². The highest BCUT2D eigenvalue weighted by molar-refractivity contribution is 6.19. The minimum atomic E-state index is 0.524. The van der Waals surface area contributed by atoms with Crippen LogP contribution < -0.4 is 0 Å². The molecule has 11 heavy (non-hydrogen) atoms. The molecule has 4 heteroatoms. The van der Waals surface area contributed by atoms with Crippen LogP contribution >= 0.6 is 0 Å². The van der Waals surface area contributed by atoms with Crippen LogP contribution in [-0.4, -0.2) is 24.9 Å². The Balaban J connectivity index is 2.44. The third kappa shape index (κ3) is 1.20. The Kier molecular flexibility index (Phi) is 1.32. The zero-order chi connectivity index (χ0) is 7.52. The lowest BCUT2D eigenvalue weighted by Crippen LogP contribution is -1.64. The van der Waals surface area contributed by atoms with Crippen LogP contribution in [0.5, 0.6) is 0 Å². The van der Waals surface area contributed by atoms with Crippen molar-refractivity contribution in [1.82, 2.24) is 0 Å². The summed E-state index contributed by atoms with van der Waals surface area (Å²) in [6.45, 7) is 0. The summed E-state index contributed by atoms with van der Waals surface area (Å²) in [5, 5.41) is 0. The first-order valence-electron chi connectivity index (χ1n) is 3.09. The summed E-state index contributed by atoms with van der Waals surface area (Å²) >= 11 is 0. The minimum Gasteiger partial charge on any atom is -0.228 e. The molecule has 0 bridgehead atoms. The number of rotatable bonds is 0. The van der Waals surface area contributed by atoms with E-state index in [9.17, 15) is 0 Å². The van der Waals surface area contributed by atoms with E-state index in [4.69, 9.17) is 0 Å². The Labute approximate surface area is 63.1 Å². The van der Waals surface area contributed by atoms with E-state index in [-0.39, 0.29) is 0 Å². The number of hydrogen-bond donors (Lipinski definition) is 0. The van der Waals surface area contributed by atoms with E-state index >= 15 is 0 Å². The summed E-state index contributed by atoms with van der Waals surface area (Å²) in [5.41, 5.74) is 2.82. The molecule has 52 valence electrons. The van der Waals surface area contributed by atoms with E-state index in [0.717, 1.165) is 0 Å². The van der Waals surface area contributed by atoms with Crippen molar-refractivity contribution in [3.05, 3.63) is 17.4 Å². The first-order chi connectivity index (χ1) is 5.45. The lowest BCUT2D eigenvalue weighted by atomic mass is 10.6. The topological polar surface area (TPSA) is 49.4 Å². The van der Waals surface area contributed by atoms with Gasteiger partial charge < -0.3 is 0 Å². The second-order valence-corrected chi connectivity index (χ2v) is 1.88. The zero-order valence-electron chi connectivity index (χ0n) is 5.60. The first kappa shape index (κ1) is 5.95. The summed E-state index contributed by atoms with van der Waals surface area (Å²) in [5.74, 6) is 1.05. The predicted octanol–water partition coefficient (Wildman–Crippen LogP) is 0.579. The fraction of sp³-hybridized carbons (Fsp3) is 0. The van der Waals surface area contributed by atoms with Crippen molar-refractivity contribution in [3.8, 4) is 0 Å². The van der Waals surface area contributed by atoms with Crippen LogP contribution in [0.3, 0.4) is 0 Å². The van der Waals surface area contributed by atoms with Crippen LogP contribution in [0.25, 0.3) is 0 Å². The molecule has 0 N–H and O–H groups in total. The SMILES string of the molecule is C(=C1N=CC=N1)=C1N=CC=N1. The molecular formula is C7H4N4. The average Bonchev–Trinajstić information content (AvgIpc) is 2.60. The molecule has 0 unspecified atom stereocenters. The van der Waals surface area contributed by atoms with Crippen LogP contribution in [0.15, 0.2) is 37.3 Å². The van der Waals surface area contributed by atoms with Gasteiger partial charge in [-0.05, 0) is 5.73 Å². The van der Waals surface area contributed by atoms with Crippen LogP contribution in [0.4, 0.5) is 0 Å². The predicted molar refractivity (Wildman–Crippen MR) is 44.5 cm³/mol. The maximum Gasteiger partial charge on any atom is 0.200 e. The Morgan fingerprint density at radius 2 is 1.09 bits per heavy atom. The first-order valence-corrected chi connectivity index (χ1v) is 3.09. The quantitative estimate of drug-likeness (QED) is 0.446. The van der Waals surface area contributed by atoms with Gasteiger partial charge in [-0.3, -0.25) is 0 Å². The maximum atomic E-state index is 3.89. The van der Waals surface area contributed by atoms with Gasteiger partial charge in [0.25, 0.3) is 0 Å². The smallest absolute Gasteiger partial charge is 0.200 e. The van der Waals surface area contributed by atoms with Crippen molar-refractivity contribution in [2.75, 3.05) is 0 Å². The van der Waals surface area contributed by atoms with Gasteiger partial charge in [0.1, 0.15) is 0 Å². The van der Waals surface area contributed by atoms with E-state index in [2.05, 4.69) is 25.7 Å². The van der Waals surface area contributed by atoms with Crippen molar-refractivity contribution >= 4 is 24.9 Å². The molecule has 4 nitrogen and oxygen atoms in total. The summed E-state index contributed by atoms with van der Waals surface area (Å²) in [4.78, 5) is 15.6. The third-order valence-corrected chi connectivity index (χ3v) is 1.14. The normalized spacial score (nSPS) is 18.5. The van der Waals surface area contributed by atoms with Gasteiger partial charge in [-0.25, -0.2) is 20.0 Å².